The number of ether oxygens (including phenoxy) is 3. The predicted octanol–water partition coefficient (Wildman–Crippen LogP) is 5.37. The van der Waals surface area contributed by atoms with Gasteiger partial charge in [0, 0.05) is 58.7 Å². The summed E-state index contributed by atoms with van der Waals surface area (Å²) in [4.78, 5) is 45.4. The number of carbonyl (C=O) groups is 4. The third-order valence-corrected chi connectivity index (χ3v) is 5.68. The molecule has 1 amide bonds. The van der Waals surface area contributed by atoms with Crippen molar-refractivity contribution in [3.8, 4) is 0 Å². The van der Waals surface area contributed by atoms with Gasteiger partial charge < -0.3 is 24.6 Å². The van der Waals surface area contributed by atoms with Gasteiger partial charge in [-0.15, -0.1) is 0 Å². The summed E-state index contributed by atoms with van der Waals surface area (Å²) < 4.78 is 16.4. The summed E-state index contributed by atoms with van der Waals surface area (Å²) in [5, 5.41) is 11.5. The van der Waals surface area contributed by atoms with Crippen LogP contribution in [0.5, 0.6) is 0 Å². The Bertz CT molecular complexity index is 645. The van der Waals surface area contributed by atoms with Gasteiger partial charge in [0.1, 0.15) is 11.4 Å². The predicted molar refractivity (Wildman–Crippen MR) is 147 cm³/mol. The highest BCUT2D eigenvalue weighted by Gasteiger charge is 2.15. The number of aliphatic carboxylic acids is 1. The van der Waals surface area contributed by atoms with Crippen LogP contribution in [0.15, 0.2) is 0 Å². The lowest BCUT2D eigenvalue weighted by atomic mass is 10.1. The molecule has 0 aliphatic heterocycles. The van der Waals surface area contributed by atoms with Crippen molar-refractivity contribution in [1.29, 1.82) is 0 Å². The van der Waals surface area contributed by atoms with Gasteiger partial charge >= 0.3 is 11.9 Å². The van der Waals surface area contributed by atoms with Crippen LogP contribution in [0.25, 0.3) is 0 Å². The van der Waals surface area contributed by atoms with Crippen molar-refractivity contribution in [2.24, 2.45) is 0 Å². The molecule has 0 bridgehead atoms. The van der Waals surface area contributed by atoms with Gasteiger partial charge in [0.15, 0.2) is 0 Å². The van der Waals surface area contributed by atoms with Crippen molar-refractivity contribution in [3.63, 3.8) is 0 Å². The summed E-state index contributed by atoms with van der Waals surface area (Å²) >= 11 is 0. The van der Waals surface area contributed by atoms with Gasteiger partial charge in [0.25, 0.3) is 0 Å². The van der Waals surface area contributed by atoms with E-state index in [-0.39, 0.29) is 30.5 Å². The van der Waals surface area contributed by atoms with E-state index >= 15 is 0 Å². The molecule has 0 aromatic carbocycles. The molecular weight excluding hydrogens is 490 g/mol. The second-order valence-electron chi connectivity index (χ2n) is 10.7. The number of hydrogen-bond acceptors (Lipinski definition) is 7. The van der Waals surface area contributed by atoms with Crippen molar-refractivity contribution in [1.82, 2.24) is 5.32 Å². The Morgan fingerprint density at radius 1 is 0.605 bits per heavy atom. The van der Waals surface area contributed by atoms with Crippen LogP contribution in [-0.2, 0) is 33.4 Å². The summed E-state index contributed by atoms with van der Waals surface area (Å²) in [6.07, 6.45) is 11.6. The molecule has 0 aromatic rings. The maximum Gasteiger partial charge on any atom is 0.306 e. The molecule has 0 aliphatic carbocycles. The van der Waals surface area contributed by atoms with Gasteiger partial charge in [-0.2, -0.15) is 0 Å². The molecule has 0 spiro atoms. The zero-order valence-electron chi connectivity index (χ0n) is 24.2. The highest BCUT2D eigenvalue weighted by Crippen LogP contribution is 2.12. The molecule has 222 valence electrons. The van der Waals surface area contributed by atoms with Gasteiger partial charge in [-0.1, -0.05) is 25.7 Å². The van der Waals surface area contributed by atoms with Crippen LogP contribution in [0, 0.1) is 0 Å². The first-order valence-electron chi connectivity index (χ1n) is 14.5. The smallest absolute Gasteiger partial charge is 0.306 e. The van der Waals surface area contributed by atoms with Gasteiger partial charge in [-0.05, 0) is 65.7 Å². The minimum atomic E-state index is -0.933. The number of carboxylic acids is 1. The van der Waals surface area contributed by atoms with Crippen molar-refractivity contribution >= 4 is 23.6 Å². The average molecular weight is 544 g/mol. The van der Waals surface area contributed by atoms with Gasteiger partial charge in [-0.3, -0.25) is 19.2 Å². The molecule has 0 aliphatic rings. The van der Waals surface area contributed by atoms with Crippen LogP contribution in [0.4, 0.5) is 0 Å². The second kappa shape index (κ2) is 24.1. The fourth-order valence-corrected chi connectivity index (χ4v) is 3.65. The Morgan fingerprint density at radius 3 is 1.68 bits per heavy atom. The van der Waals surface area contributed by atoms with E-state index in [1.165, 1.54) is 0 Å². The van der Waals surface area contributed by atoms with E-state index < -0.39 is 11.6 Å². The number of esters is 1. The fourth-order valence-electron chi connectivity index (χ4n) is 3.65. The number of Topliss-reactive ketones (excluding diaryl/α,β-unsaturated/α-hetero) is 1. The minimum Gasteiger partial charge on any atom is -0.481 e. The van der Waals surface area contributed by atoms with Crippen molar-refractivity contribution in [2.45, 2.75) is 129 Å². The number of nitrogens with one attached hydrogen (secondary N) is 1. The maximum absolute atomic E-state index is 11.9. The van der Waals surface area contributed by atoms with Gasteiger partial charge in [0.2, 0.25) is 5.91 Å². The van der Waals surface area contributed by atoms with E-state index in [0.717, 1.165) is 70.6 Å². The first kappa shape index (κ1) is 36.0. The Morgan fingerprint density at radius 2 is 1.11 bits per heavy atom. The molecule has 0 saturated heterocycles. The van der Waals surface area contributed by atoms with E-state index in [9.17, 15) is 19.2 Å². The van der Waals surface area contributed by atoms with Crippen LogP contribution in [-0.4, -0.2) is 67.3 Å². The lowest BCUT2D eigenvalue weighted by molar-refractivity contribution is -0.155. The molecule has 38 heavy (non-hydrogen) atoms. The normalized spacial score (nSPS) is 11.3. The standard InChI is InChI=1S/C29H53NO8/c1-29(2,3)38-28(35)17-9-7-5-4-6-8-16-26(32)30-20-14-24-37-23-13-12-22-36-21-11-10-15-25(31)18-19-27(33)34/h4-24H2,1-3H3,(H,30,32)(H,33,34). The SMILES string of the molecule is CC(C)(C)OC(=O)CCCCCCCCC(=O)NCCCOCCCCOCCCCC(=O)CCC(=O)O. The third kappa shape index (κ3) is 28.6. The van der Waals surface area contributed by atoms with E-state index in [1.54, 1.807) is 0 Å². The lowest BCUT2D eigenvalue weighted by Gasteiger charge is -2.19. The largest absolute Gasteiger partial charge is 0.481 e. The molecule has 0 rings (SSSR count). The van der Waals surface area contributed by atoms with Crippen LogP contribution in [0.1, 0.15) is 124 Å². The Kier molecular flexibility index (Phi) is 22.8. The van der Waals surface area contributed by atoms with Crippen LogP contribution in [0.2, 0.25) is 0 Å². The first-order valence-corrected chi connectivity index (χ1v) is 14.5. The quantitative estimate of drug-likeness (QED) is 0.110. The fraction of sp³-hybridized carbons (Fsp3) is 0.862. The molecule has 0 atom stereocenters. The molecule has 0 heterocycles. The topological polar surface area (TPSA) is 128 Å². The zero-order valence-corrected chi connectivity index (χ0v) is 24.2. The number of carbonyl (C=O) groups excluding carboxylic acids is 3. The Balaban J connectivity index is 3.30. The maximum atomic E-state index is 11.9. The molecular formula is C29H53NO8. The summed E-state index contributed by atoms with van der Waals surface area (Å²) in [5.41, 5.74) is -0.414. The highest BCUT2D eigenvalue weighted by molar-refractivity contribution is 5.82. The molecule has 0 radical (unpaired) electrons. The van der Waals surface area contributed by atoms with E-state index in [1.807, 2.05) is 20.8 Å². The first-order chi connectivity index (χ1) is 18.1. The summed E-state index contributed by atoms with van der Waals surface area (Å²) in [6, 6.07) is 0. The van der Waals surface area contributed by atoms with Gasteiger partial charge in [-0.25, -0.2) is 0 Å². The molecule has 2 N–H and O–H groups in total. The van der Waals surface area contributed by atoms with Crippen LogP contribution >= 0.6 is 0 Å². The number of amides is 1. The summed E-state index contributed by atoms with van der Waals surface area (Å²) in [5.74, 6) is -0.966. The molecule has 0 unspecified atom stereocenters. The minimum absolute atomic E-state index is 0.000599. The number of unbranched alkanes of at least 4 members (excludes halogenated alkanes) is 7. The van der Waals surface area contributed by atoms with Crippen LogP contribution in [0.3, 0.4) is 0 Å². The average Bonchev–Trinajstić information content (AvgIpc) is 2.83. The van der Waals surface area contributed by atoms with Crippen LogP contribution < -0.4 is 5.32 Å². The summed E-state index contributed by atoms with van der Waals surface area (Å²) in [7, 11) is 0. The van der Waals surface area contributed by atoms with Crippen molar-refractivity contribution in [3.05, 3.63) is 0 Å². The molecule has 0 aromatic heterocycles. The highest BCUT2D eigenvalue weighted by atomic mass is 16.6. The van der Waals surface area contributed by atoms with E-state index in [4.69, 9.17) is 19.3 Å². The zero-order chi connectivity index (χ0) is 28.5. The second-order valence-corrected chi connectivity index (χ2v) is 10.7. The lowest BCUT2D eigenvalue weighted by Crippen LogP contribution is -2.24. The number of carboxylic acid groups (broad SMARTS) is 1. The Labute approximate surface area is 229 Å². The Hall–Kier alpha value is -2.00. The number of hydrogen-bond donors (Lipinski definition) is 2. The third-order valence-electron chi connectivity index (χ3n) is 5.68. The van der Waals surface area contributed by atoms with Crippen molar-refractivity contribution in [2.75, 3.05) is 33.0 Å². The molecule has 9 heteroatoms. The summed E-state index contributed by atoms with van der Waals surface area (Å²) in [6.45, 7) is 8.85. The number of rotatable bonds is 26. The molecule has 0 fully saturated rings. The molecule has 9 nitrogen and oxygen atoms in total. The van der Waals surface area contributed by atoms with E-state index in [2.05, 4.69) is 5.32 Å². The monoisotopic (exact) mass is 543 g/mol. The molecule has 0 saturated carbocycles. The van der Waals surface area contributed by atoms with Crippen molar-refractivity contribution < 1.29 is 38.5 Å². The van der Waals surface area contributed by atoms with E-state index in [0.29, 0.717) is 52.2 Å². The van der Waals surface area contributed by atoms with Gasteiger partial charge in [0.05, 0.1) is 6.42 Å². The number of ketones is 1.